The van der Waals surface area contributed by atoms with Gasteiger partial charge < -0.3 is 15.2 Å². The SMILES string of the molecule is Cc1ccc(OC(C)C(=O)NCC2CCCC(O)C2)cc1. The summed E-state index contributed by atoms with van der Waals surface area (Å²) in [6.07, 6.45) is 3.06. The third kappa shape index (κ3) is 5.05. The van der Waals surface area contributed by atoms with Gasteiger partial charge in [-0.2, -0.15) is 0 Å². The van der Waals surface area contributed by atoms with E-state index in [-0.39, 0.29) is 12.0 Å². The molecule has 1 aromatic rings. The van der Waals surface area contributed by atoms with Crippen LogP contribution >= 0.6 is 0 Å². The number of rotatable bonds is 5. The number of hydrogen-bond acceptors (Lipinski definition) is 3. The summed E-state index contributed by atoms with van der Waals surface area (Å²) in [6.45, 7) is 4.39. The number of carbonyl (C=O) groups is 1. The van der Waals surface area contributed by atoms with Crippen LogP contribution in [-0.4, -0.2) is 29.8 Å². The van der Waals surface area contributed by atoms with E-state index in [9.17, 15) is 9.90 Å². The Kier molecular flexibility index (Phi) is 5.62. The number of ether oxygens (including phenoxy) is 1. The van der Waals surface area contributed by atoms with Crippen LogP contribution in [0.25, 0.3) is 0 Å². The fourth-order valence-electron chi connectivity index (χ4n) is 2.71. The van der Waals surface area contributed by atoms with Gasteiger partial charge >= 0.3 is 0 Å². The predicted octanol–water partition coefficient (Wildman–Crippen LogP) is 2.43. The van der Waals surface area contributed by atoms with Gasteiger partial charge in [-0.15, -0.1) is 0 Å². The Morgan fingerprint density at radius 3 is 2.76 bits per heavy atom. The maximum absolute atomic E-state index is 12.0. The molecule has 1 fully saturated rings. The minimum absolute atomic E-state index is 0.101. The van der Waals surface area contributed by atoms with E-state index in [1.807, 2.05) is 31.2 Å². The van der Waals surface area contributed by atoms with E-state index in [1.54, 1.807) is 6.92 Å². The van der Waals surface area contributed by atoms with Crippen molar-refractivity contribution in [3.05, 3.63) is 29.8 Å². The molecule has 3 unspecified atom stereocenters. The summed E-state index contributed by atoms with van der Waals surface area (Å²) in [6, 6.07) is 7.67. The molecule has 0 radical (unpaired) electrons. The average molecular weight is 291 g/mol. The molecule has 21 heavy (non-hydrogen) atoms. The maximum Gasteiger partial charge on any atom is 0.260 e. The van der Waals surface area contributed by atoms with Crippen LogP contribution in [0.5, 0.6) is 5.75 Å². The topological polar surface area (TPSA) is 58.6 Å². The highest BCUT2D eigenvalue weighted by Gasteiger charge is 2.22. The molecule has 4 heteroatoms. The number of aliphatic hydroxyl groups is 1. The average Bonchev–Trinajstić information content (AvgIpc) is 2.47. The van der Waals surface area contributed by atoms with E-state index in [0.29, 0.717) is 18.2 Å². The zero-order chi connectivity index (χ0) is 15.2. The second-order valence-corrected chi connectivity index (χ2v) is 6.00. The molecule has 1 aliphatic carbocycles. The summed E-state index contributed by atoms with van der Waals surface area (Å²) >= 11 is 0. The molecule has 0 aromatic heterocycles. The Bertz CT molecular complexity index is 458. The molecule has 2 N–H and O–H groups in total. The van der Waals surface area contributed by atoms with Crippen molar-refractivity contribution >= 4 is 5.91 Å². The number of hydrogen-bond donors (Lipinski definition) is 2. The number of amides is 1. The summed E-state index contributed by atoms with van der Waals surface area (Å²) < 4.78 is 5.63. The minimum atomic E-state index is -0.513. The first kappa shape index (κ1) is 15.8. The van der Waals surface area contributed by atoms with Crippen molar-refractivity contribution in [2.75, 3.05) is 6.54 Å². The molecule has 0 spiro atoms. The first-order chi connectivity index (χ1) is 10.0. The molecule has 0 aliphatic heterocycles. The molecule has 1 aromatic carbocycles. The van der Waals surface area contributed by atoms with Crippen molar-refractivity contribution in [2.24, 2.45) is 5.92 Å². The lowest BCUT2D eigenvalue weighted by Crippen LogP contribution is -2.40. The highest BCUT2D eigenvalue weighted by Crippen LogP contribution is 2.23. The van der Waals surface area contributed by atoms with Crippen LogP contribution < -0.4 is 10.1 Å². The molecule has 1 amide bonds. The Morgan fingerprint density at radius 2 is 2.10 bits per heavy atom. The molecule has 2 rings (SSSR count). The molecular weight excluding hydrogens is 266 g/mol. The predicted molar refractivity (Wildman–Crippen MR) is 82.2 cm³/mol. The third-order valence-corrected chi connectivity index (χ3v) is 4.02. The molecule has 0 bridgehead atoms. The lowest BCUT2D eigenvalue weighted by atomic mass is 9.87. The lowest BCUT2D eigenvalue weighted by molar-refractivity contribution is -0.127. The normalized spacial score (nSPS) is 23.4. The van der Waals surface area contributed by atoms with Crippen LogP contribution in [0.1, 0.15) is 38.2 Å². The summed E-state index contributed by atoms with van der Waals surface area (Å²) in [5.41, 5.74) is 1.16. The van der Waals surface area contributed by atoms with Crippen molar-refractivity contribution in [2.45, 2.75) is 51.7 Å². The van der Waals surface area contributed by atoms with Gasteiger partial charge in [0, 0.05) is 6.54 Å². The van der Waals surface area contributed by atoms with Crippen molar-refractivity contribution in [1.29, 1.82) is 0 Å². The molecule has 0 saturated heterocycles. The van der Waals surface area contributed by atoms with Crippen molar-refractivity contribution in [1.82, 2.24) is 5.32 Å². The largest absolute Gasteiger partial charge is 0.481 e. The van der Waals surface area contributed by atoms with Crippen LogP contribution in [-0.2, 0) is 4.79 Å². The Labute approximate surface area is 126 Å². The van der Waals surface area contributed by atoms with Crippen LogP contribution in [0.2, 0.25) is 0 Å². The smallest absolute Gasteiger partial charge is 0.260 e. The monoisotopic (exact) mass is 291 g/mol. The molecule has 0 heterocycles. The molecule has 1 aliphatic rings. The van der Waals surface area contributed by atoms with E-state index in [1.165, 1.54) is 0 Å². The zero-order valence-corrected chi connectivity index (χ0v) is 12.8. The van der Waals surface area contributed by atoms with Gasteiger partial charge in [-0.25, -0.2) is 0 Å². The lowest BCUT2D eigenvalue weighted by Gasteiger charge is -2.26. The van der Waals surface area contributed by atoms with Gasteiger partial charge in [0.05, 0.1) is 6.10 Å². The van der Waals surface area contributed by atoms with E-state index < -0.39 is 6.10 Å². The second kappa shape index (κ2) is 7.46. The summed E-state index contributed by atoms with van der Waals surface area (Å²) in [5, 5.41) is 12.6. The zero-order valence-electron chi connectivity index (χ0n) is 12.8. The van der Waals surface area contributed by atoms with Gasteiger partial charge in [-0.05, 0) is 51.2 Å². The van der Waals surface area contributed by atoms with Crippen molar-refractivity contribution in [3.63, 3.8) is 0 Å². The van der Waals surface area contributed by atoms with E-state index in [4.69, 9.17) is 4.74 Å². The Hall–Kier alpha value is -1.55. The van der Waals surface area contributed by atoms with Gasteiger partial charge in [0.15, 0.2) is 6.10 Å². The van der Waals surface area contributed by atoms with Crippen molar-refractivity contribution < 1.29 is 14.6 Å². The van der Waals surface area contributed by atoms with E-state index >= 15 is 0 Å². The summed E-state index contributed by atoms with van der Waals surface area (Å²) in [5.74, 6) is 0.983. The third-order valence-electron chi connectivity index (χ3n) is 4.02. The van der Waals surface area contributed by atoms with Gasteiger partial charge in [0.1, 0.15) is 5.75 Å². The summed E-state index contributed by atoms with van der Waals surface area (Å²) in [7, 11) is 0. The Balaban J connectivity index is 1.75. The van der Waals surface area contributed by atoms with Gasteiger partial charge in [-0.1, -0.05) is 24.1 Å². The first-order valence-corrected chi connectivity index (χ1v) is 7.73. The highest BCUT2D eigenvalue weighted by molar-refractivity contribution is 5.80. The van der Waals surface area contributed by atoms with Crippen molar-refractivity contribution in [3.8, 4) is 5.75 Å². The fourth-order valence-corrected chi connectivity index (χ4v) is 2.71. The maximum atomic E-state index is 12.0. The van der Waals surface area contributed by atoms with Crippen LogP contribution in [0.15, 0.2) is 24.3 Å². The highest BCUT2D eigenvalue weighted by atomic mass is 16.5. The number of nitrogens with one attached hydrogen (secondary N) is 1. The van der Waals surface area contributed by atoms with E-state index in [2.05, 4.69) is 5.32 Å². The quantitative estimate of drug-likeness (QED) is 0.876. The number of carbonyl (C=O) groups excluding carboxylic acids is 1. The molecular formula is C17H25NO3. The second-order valence-electron chi connectivity index (χ2n) is 6.00. The van der Waals surface area contributed by atoms with Gasteiger partial charge in [0.25, 0.3) is 5.91 Å². The van der Waals surface area contributed by atoms with Crippen LogP contribution in [0.3, 0.4) is 0 Å². The standard InChI is InChI=1S/C17H25NO3/c1-12-6-8-16(9-7-12)21-13(2)17(20)18-11-14-4-3-5-15(19)10-14/h6-9,13-15,19H,3-5,10-11H2,1-2H3,(H,18,20). The number of benzene rings is 1. The van der Waals surface area contributed by atoms with E-state index in [0.717, 1.165) is 31.2 Å². The fraction of sp³-hybridized carbons (Fsp3) is 0.588. The van der Waals surface area contributed by atoms with Crippen LogP contribution in [0, 0.1) is 12.8 Å². The van der Waals surface area contributed by atoms with Gasteiger partial charge in [-0.3, -0.25) is 4.79 Å². The molecule has 116 valence electrons. The summed E-state index contributed by atoms with van der Waals surface area (Å²) in [4.78, 5) is 12.0. The number of aryl methyl sites for hydroxylation is 1. The first-order valence-electron chi connectivity index (χ1n) is 7.73. The molecule has 3 atom stereocenters. The Morgan fingerprint density at radius 1 is 1.38 bits per heavy atom. The number of aliphatic hydroxyl groups excluding tert-OH is 1. The minimum Gasteiger partial charge on any atom is -0.481 e. The van der Waals surface area contributed by atoms with Crippen LogP contribution in [0.4, 0.5) is 0 Å². The molecule has 4 nitrogen and oxygen atoms in total. The van der Waals surface area contributed by atoms with Gasteiger partial charge in [0.2, 0.25) is 0 Å². The molecule has 1 saturated carbocycles.